The highest BCUT2D eigenvalue weighted by Crippen LogP contribution is 2.11. The van der Waals surface area contributed by atoms with E-state index in [1.165, 1.54) is 5.56 Å². The zero-order chi connectivity index (χ0) is 15.1. The zero-order valence-electron chi connectivity index (χ0n) is 12.5. The van der Waals surface area contributed by atoms with E-state index in [4.69, 9.17) is 5.26 Å². The van der Waals surface area contributed by atoms with Gasteiger partial charge in [0.15, 0.2) is 0 Å². The van der Waals surface area contributed by atoms with E-state index >= 15 is 0 Å². The monoisotopic (exact) mass is 286 g/mol. The van der Waals surface area contributed by atoms with Crippen LogP contribution in [0, 0.1) is 11.3 Å². The smallest absolute Gasteiger partial charge is 0.238 e. The summed E-state index contributed by atoms with van der Waals surface area (Å²) in [6.45, 7) is 5.64. The second kappa shape index (κ2) is 7.77. The Hall–Kier alpha value is -1.90. The number of nitrogens with one attached hydrogen (secondary N) is 1. The van der Waals surface area contributed by atoms with Crippen LogP contribution >= 0.6 is 0 Å². The number of anilines is 1. The molecule has 5 heteroatoms. The minimum atomic E-state index is -0.261. The SMILES string of the molecule is CN1CCN(CCc2ccc(NC(=O)CC#N)cc2)CC1. The Bertz CT molecular complexity index is 498. The molecular formula is C16H22N4O. The van der Waals surface area contributed by atoms with Crippen molar-refractivity contribution in [2.75, 3.05) is 45.1 Å². The van der Waals surface area contributed by atoms with Crippen molar-refractivity contribution in [3.63, 3.8) is 0 Å². The summed E-state index contributed by atoms with van der Waals surface area (Å²) in [6, 6.07) is 9.71. The van der Waals surface area contributed by atoms with Gasteiger partial charge in [0, 0.05) is 38.4 Å². The quantitative estimate of drug-likeness (QED) is 0.887. The standard InChI is InChI=1S/C16H22N4O/c1-19-10-12-20(13-11-19)9-7-14-2-4-15(5-3-14)18-16(21)6-8-17/h2-5H,6-7,9-13H2,1H3,(H,18,21). The second-order valence-electron chi connectivity index (χ2n) is 5.47. The molecule has 0 radical (unpaired) electrons. The summed E-state index contributed by atoms with van der Waals surface area (Å²) in [7, 11) is 2.16. The number of nitriles is 1. The van der Waals surface area contributed by atoms with Crippen LogP contribution in [0.15, 0.2) is 24.3 Å². The largest absolute Gasteiger partial charge is 0.325 e. The molecule has 0 unspecified atom stereocenters. The van der Waals surface area contributed by atoms with Gasteiger partial charge in [-0.15, -0.1) is 0 Å². The highest BCUT2D eigenvalue weighted by molar-refractivity contribution is 5.91. The van der Waals surface area contributed by atoms with E-state index < -0.39 is 0 Å². The molecule has 0 bridgehead atoms. The fraction of sp³-hybridized carbons (Fsp3) is 0.500. The maximum atomic E-state index is 11.3. The summed E-state index contributed by atoms with van der Waals surface area (Å²) in [4.78, 5) is 16.2. The molecule has 1 fully saturated rings. The number of amides is 1. The molecular weight excluding hydrogens is 264 g/mol. The zero-order valence-corrected chi connectivity index (χ0v) is 12.5. The van der Waals surface area contributed by atoms with Crippen LogP contribution in [0.4, 0.5) is 5.69 Å². The number of carbonyl (C=O) groups is 1. The molecule has 0 aliphatic carbocycles. The molecule has 5 nitrogen and oxygen atoms in total. The molecule has 1 aromatic carbocycles. The first-order valence-electron chi connectivity index (χ1n) is 7.34. The van der Waals surface area contributed by atoms with Gasteiger partial charge in [0.1, 0.15) is 6.42 Å². The molecule has 21 heavy (non-hydrogen) atoms. The molecule has 112 valence electrons. The lowest BCUT2D eigenvalue weighted by molar-refractivity contribution is -0.115. The normalized spacial score (nSPS) is 16.4. The topological polar surface area (TPSA) is 59.4 Å². The first kappa shape index (κ1) is 15.5. The predicted molar refractivity (Wildman–Crippen MR) is 82.9 cm³/mol. The first-order chi connectivity index (χ1) is 10.2. The number of piperazine rings is 1. The molecule has 1 saturated heterocycles. The number of hydrogen-bond acceptors (Lipinski definition) is 4. The van der Waals surface area contributed by atoms with Gasteiger partial charge < -0.3 is 15.1 Å². The third-order valence-electron chi connectivity index (χ3n) is 3.79. The minimum Gasteiger partial charge on any atom is -0.325 e. The summed E-state index contributed by atoms with van der Waals surface area (Å²) in [6.07, 6.45) is 0.918. The van der Waals surface area contributed by atoms with Crippen molar-refractivity contribution in [3.8, 4) is 6.07 Å². The molecule has 0 atom stereocenters. The van der Waals surface area contributed by atoms with Gasteiger partial charge >= 0.3 is 0 Å². The van der Waals surface area contributed by atoms with Gasteiger partial charge in [-0.05, 0) is 31.2 Å². The Morgan fingerprint density at radius 3 is 2.52 bits per heavy atom. The van der Waals surface area contributed by atoms with Gasteiger partial charge in [-0.25, -0.2) is 0 Å². The van der Waals surface area contributed by atoms with Crippen molar-refractivity contribution < 1.29 is 4.79 Å². The van der Waals surface area contributed by atoms with Gasteiger partial charge in [-0.2, -0.15) is 5.26 Å². The molecule has 0 aromatic heterocycles. The highest BCUT2D eigenvalue weighted by Gasteiger charge is 2.13. The molecule has 0 spiro atoms. The lowest BCUT2D eigenvalue weighted by atomic mass is 10.1. The van der Waals surface area contributed by atoms with E-state index in [9.17, 15) is 4.79 Å². The lowest BCUT2D eigenvalue weighted by Crippen LogP contribution is -2.45. The Kier molecular flexibility index (Phi) is 5.73. The molecule has 2 rings (SSSR count). The van der Waals surface area contributed by atoms with Crippen LogP contribution in [0.1, 0.15) is 12.0 Å². The Balaban J connectivity index is 1.77. The Morgan fingerprint density at radius 2 is 1.90 bits per heavy atom. The van der Waals surface area contributed by atoms with Crippen LogP contribution in [0.25, 0.3) is 0 Å². The van der Waals surface area contributed by atoms with Crippen LogP contribution in [-0.4, -0.2) is 55.5 Å². The van der Waals surface area contributed by atoms with E-state index in [0.717, 1.165) is 44.8 Å². The van der Waals surface area contributed by atoms with E-state index in [1.807, 2.05) is 30.3 Å². The fourth-order valence-electron chi connectivity index (χ4n) is 2.39. The summed E-state index contributed by atoms with van der Waals surface area (Å²) >= 11 is 0. The average Bonchev–Trinajstić information content (AvgIpc) is 2.48. The molecule has 1 amide bonds. The third-order valence-corrected chi connectivity index (χ3v) is 3.79. The highest BCUT2D eigenvalue weighted by atomic mass is 16.1. The fourth-order valence-corrected chi connectivity index (χ4v) is 2.39. The van der Waals surface area contributed by atoms with E-state index in [0.29, 0.717) is 0 Å². The molecule has 1 heterocycles. The van der Waals surface area contributed by atoms with Crippen molar-refractivity contribution in [1.29, 1.82) is 5.26 Å². The van der Waals surface area contributed by atoms with Crippen LogP contribution < -0.4 is 5.32 Å². The first-order valence-corrected chi connectivity index (χ1v) is 7.34. The average molecular weight is 286 g/mol. The maximum Gasteiger partial charge on any atom is 0.238 e. The van der Waals surface area contributed by atoms with E-state index in [1.54, 1.807) is 0 Å². The van der Waals surface area contributed by atoms with Gasteiger partial charge in [0.2, 0.25) is 5.91 Å². The van der Waals surface area contributed by atoms with Gasteiger partial charge in [-0.3, -0.25) is 4.79 Å². The number of likely N-dealkylation sites (N-methyl/N-ethyl adjacent to an activating group) is 1. The van der Waals surface area contributed by atoms with Crippen molar-refractivity contribution in [2.45, 2.75) is 12.8 Å². The number of carbonyl (C=O) groups excluding carboxylic acids is 1. The Labute approximate surface area is 126 Å². The predicted octanol–water partition coefficient (Wildman–Crippen LogP) is 1.33. The summed E-state index contributed by atoms with van der Waals surface area (Å²) < 4.78 is 0. The summed E-state index contributed by atoms with van der Waals surface area (Å²) in [5.41, 5.74) is 2.02. The van der Waals surface area contributed by atoms with Gasteiger partial charge in [0.05, 0.1) is 6.07 Å². The number of rotatable bonds is 5. The van der Waals surface area contributed by atoms with Crippen LogP contribution in [0.5, 0.6) is 0 Å². The van der Waals surface area contributed by atoms with Gasteiger partial charge in [0.25, 0.3) is 0 Å². The number of benzene rings is 1. The lowest BCUT2D eigenvalue weighted by Gasteiger charge is -2.32. The number of nitrogens with zero attached hydrogens (tertiary/aromatic N) is 3. The van der Waals surface area contributed by atoms with Crippen LogP contribution in [-0.2, 0) is 11.2 Å². The molecule has 1 aromatic rings. The van der Waals surface area contributed by atoms with E-state index in [-0.39, 0.29) is 12.3 Å². The second-order valence-corrected chi connectivity index (χ2v) is 5.47. The summed E-state index contributed by atoms with van der Waals surface area (Å²) in [5, 5.41) is 11.2. The molecule has 0 saturated carbocycles. The van der Waals surface area contributed by atoms with Crippen molar-refractivity contribution in [2.24, 2.45) is 0 Å². The number of hydrogen-bond donors (Lipinski definition) is 1. The third kappa shape index (κ3) is 5.18. The molecule has 1 aliphatic rings. The minimum absolute atomic E-state index is 0.106. The molecule has 1 aliphatic heterocycles. The van der Waals surface area contributed by atoms with Crippen LogP contribution in [0.2, 0.25) is 0 Å². The van der Waals surface area contributed by atoms with Crippen molar-refractivity contribution >= 4 is 11.6 Å². The van der Waals surface area contributed by atoms with Crippen molar-refractivity contribution in [1.82, 2.24) is 9.80 Å². The maximum absolute atomic E-state index is 11.3. The van der Waals surface area contributed by atoms with Crippen LogP contribution in [0.3, 0.4) is 0 Å². The van der Waals surface area contributed by atoms with Gasteiger partial charge in [-0.1, -0.05) is 12.1 Å². The summed E-state index contributed by atoms with van der Waals surface area (Å²) in [5.74, 6) is -0.261. The van der Waals surface area contributed by atoms with E-state index in [2.05, 4.69) is 22.2 Å². The van der Waals surface area contributed by atoms with Crippen molar-refractivity contribution in [3.05, 3.63) is 29.8 Å². The Morgan fingerprint density at radius 1 is 1.24 bits per heavy atom. The molecule has 1 N–H and O–H groups in total.